The summed E-state index contributed by atoms with van der Waals surface area (Å²) in [5.74, 6) is -1.94. The SMILES string of the molecule is CC(C)C[C@@H](C(=O)N[C@@H](Cc1ccc(OCCN(C)C)cc1)C(=O)c1ccco1)C(CCCc1ccccc1)C(=O)NO.Cl. The maximum absolute atomic E-state index is 13.9. The Bertz CT molecular complexity index is 1270. The molecule has 3 atom stereocenters. The zero-order valence-corrected chi connectivity index (χ0v) is 26.8. The number of likely N-dealkylation sites (N-methyl/N-ethyl adjacent to an activating group) is 1. The third kappa shape index (κ3) is 11.8. The third-order valence-electron chi connectivity index (χ3n) is 7.39. The van der Waals surface area contributed by atoms with E-state index in [9.17, 15) is 19.6 Å². The van der Waals surface area contributed by atoms with Crippen molar-refractivity contribution in [3.63, 3.8) is 0 Å². The molecule has 0 radical (unpaired) electrons. The van der Waals surface area contributed by atoms with Crippen molar-refractivity contribution in [2.24, 2.45) is 17.8 Å². The van der Waals surface area contributed by atoms with Crippen LogP contribution >= 0.6 is 12.4 Å². The maximum Gasteiger partial charge on any atom is 0.247 e. The number of aryl methyl sites for hydroxylation is 1. The summed E-state index contributed by atoms with van der Waals surface area (Å²) in [7, 11) is 3.96. The molecule has 10 heteroatoms. The molecular weight excluding hydrogens is 582 g/mol. The molecule has 9 nitrogen and oxygen atoms in total. The molecule has 1 unspecified atom stereocenters. The number of ether oxygens (including phenoxy) is 1. The third-order valence-corrected chi connectivity index (χ3v) is 7.39. The van der Waals surface area contributed by atoms with Crippen molar-refractivity contribution < 1.29 is 28.7 Å². The lowest BCUT2D eigenvalue weighted by Gasteiger charge is -2.28. The van der Waals surface area contributed by atoms with Crippen LogP contribution in [0.4, 0.5) is 0 Å². The summed E-state index contributed by atoms with van der Waals surface area (Å²) < 4.78 is 11.2. The first-order valence-corrected chi connectivity index (χ1v) is 14.9. The number of hydrogen-bond donors (Lipinski definition) is 3. The molecule has 2 amide bonds. The first-order valence-electron chi connectivity index (χ1n) is 14.9. The highest BCUT2D eigenvalue weighted by Crippen LogP contribution is 2.27. The highest BCUT2D eigenvalue weighted by molar-refractivity contribution is 6.00. The van der Waals surface area contributed by atoms with Gasteiger partial charge >= 0.3 is 0 Å². The Morgan fingerprint density at radius 1 is 0.909 bits per heavy atom. The molecule has 2 aromatic carbocycles. The number of halogens is 1. The number of nitrogens with zero attached hydrogens (tertiary/aromatic N) is 1. The molecular formula is C34H46ClN3O6. The Hall–Kier alpha value is -3.66. The molecule has 0 aliphatic carbocycles. The molecule has 3 N–H and O–H groups in total. The standard InChI is InChI=1S/C34H45N3O6.ClH/c1-24(2)22-29(28(34(40)36-41)13-8-12-25-10-6-5-7-11-25)33(39)35-30(32(38)31-14-9-20-43-31)23-26-15-17-27(18-16-26)42-21-19-37(3)4;/h5-7,9-11,14-18,20,24,28-30,41H,8,12-13,19,21-23H2,1-4H3,(H,35,39)(H,36,40);1H/t28?,29-,30+;/m1./s1. The molecule has 44 heavy (non-hydrogen) atoms. The van der Waals surface area contributed by atoms with Crippen LogP contribution in [0.25, 0.3) is 0 Å². The second kappa shape index (κ2) is 18.9. The number of nitrogens with one attached hydrogen (secondary N) is 2. The van der Waals surface area contributed by atoms with Crippen LogP contribution < -0.4 is 15.5 Å². The number of amides is 2. The van der Waals surface area contributed by atoms with Crippen LogP contribution in [-0.4, -0.2) is 61.0 Å². The minimum absolute atomic E-state index is 0. The Balaban J connectivity index is 0.00000675. The fourth-order valence-electron chi connectivity index (χ4n) is 5.11. The molecule has 3 rings (SSSR count). The van der Waals surface area contributed by atoms with E-state index in [2.05, 4.69) is 5.32 Å². The van der Waals surface area contributed by atoms with E-state index in [1.165, 1.54) is 6.26 Å². The second-order valence-corrected chi connectivity index (χ2v) is 11.6. The smallest absolute Gasteiger partial charge is 0.247 e. The van der Waals surface area contributed by atoms with Crippen LogP contribution in [0.2, 0.25) is 0 Å². The van der Waals surface area contributed by atoms with Gasteiger partial charge in [0.15, 0.2) is 5.76 Å². The van der Waals surface area contributed by atoms with E-state index < -0.39 is 29.7 Å². The minimum atomic E-state index is -0.920. The molecule has 0 aliphatic rings. The average molecular weight is 628 g/mol. The van der Waals surface area contributed by atoms with Gasteiger partial charge in [-0.15, -0.1) is 12.4 Å². The first-order chi connectivity index (χ1) is 20.7. The fraction of sp³-hybridized carbons (Fsp3) is 0.441. The molecule has 1 heterocycles. The van der Waals surface area contributed by atoms with E-state index >= 15 is 0 Å². The molecule has 0 saturated carbocycles. The highest BCUT2D eigenvalue weighted by atomic mass is 35.5. The lowest BCUT2D eigenvalue weighted by molar-refractivity contribution is -0.141. The predicted molar refractivity (Wildman–Crippen MR) is 172 cm³/mol. The van der Waals surface area contributed by atoms with Crippen LogP contribution in [0.5, 0.6) is 5.75 Å². The monoisotopic (exact) mass is 627 g/mol. The van der Waals surface area contributed by atoms with Gasteiger partial charge in [-0.25, -0.2) is 5.48 Å². The number of carbonyl (C=O) groups excluding carboxylic acids is 3. The van der Waals surface area contributed by atoms with Gasteiger partial charge in [-0.3, -0.25) is 19.6 Å². The number of ketones is 1. The Morgan fingerprint density at radius 2 is 1.61 bits per heavy atom. The van der Waals surface area contributed by atoms with Crippen LogP contribution in [0.3, 0.4) is 0 Å². The molecule has 0 bridgehead atoms. The van der Waals surface area contributed by atoms with Crippen molar-refractivity contribution in [3.8, 4) is 5.75 Å². The Kier molecular flexibility index (Phi) is 15.7. The van der Waals surface area contributed by atoms with Crippen molar-refractivity contribution in [2.75, 3.05) is 27.2 Å². The minimum Gasteiger partial charge on any atom is -0.492 e. The average Bonchev–Trinajstić information content (AvgIpc) is 3.53. The van der Waals surface area contributed by atoms with Gasteiger partial charge in [0.25, 0.3) is 0 Å². The number of furan rings is 1. The van der Waals surface area contributed by atoms with Gasteiger partial charge in [0.05, 0.1) is 18.2 Å². The first kappa shape index (κ1) is 36.5. The molecule has 0 aliphatic heterocycles. The van der Waals surface area contributed by atoms with E-state index in [0.29, 0.717) is 31.6 Å². The zero-order valence-electron chi connectivity index (χ0n) is 26.0. The van der Waals surface area contributed by atoms with E-state index in [-0.39, 0.29) is 36.3 Å². The Labute approximate surface area is 266 Å². The zero-order chi connectivity index (χ0) is 31.2. The van der Waals surface area contributed by atoms with E-state index in [0.717, 1.165) is 24.1 Å². The van der Waals surface area contributed by atoms with Crippen LogP contribution in [-0.2, 0) is 22.4 Å². The predicted octanol–water partition coefficient (Wildman–Crippen LogP) is 5.36. The van der Waals surface area contributed by atoms with E-state index in [1.54, 1.807) is 17.6 Å². The number of carbonyl (C=O) groups is 3. The second-order valence-electron chi connectivity index (χ2n) is 11.6. The maximum atomic E-state index is 13.9. The van der Waals surface area contributed by atoms with Crippen molar-refractivity contribution in [1.29, 1.82) is 0 Å². The topological polar surface area (TPSA) is 121 Å². The van der Waals surface area contributed by atoms with Gasteiger partial charge in [-0.2, -0.15) is 0 Å². The van der Waals surface area contributed by atoms with Gasteiger partial charge < -0.3 is 19.4 Å². The van der Waals surface area contributed by atoms with Gasteiger partial charge in [0.1, 0.15) is 12.4 Å². The van der Waals surface area contributed by atoms with Crippen molar-refractivity contribution in [2.45, 2.75) is 52.0 Å². The van der Waals surface area contributed by atoms with Crippen molar-refractivity contribution in [3.05, 3.63) is 89.9 Å². The van der Waals surface area contributed by atoms with Crippen molar-refractivity contribution in [1.82, 2.24) is 15.7 Å². The fourth-order valence-corrected chi connectivity index (χ4v) is 5.11. The summed E-state index contributed by atoms with van der Waals surface area (Å²) >= 11 is 0. The van der Waals surface area contributed by atoms with E-state index in [1.807, 2.05) is 87.4 Å². The van der Waals surface area contributed by atoms with Gasteiger partial charge in [-0.1, -0.05) is 56.3 Å². The van der Waals surface area contributed by atoms with Crippen LogP contribution in [0, 0.1) is 17.8 Å². The number of rotatable bonds is 18. The van der Waals surface area contributed by atoms with Crippen LogP contribution in [0.1, 0.15) is 54.8 Å². The molecule has 0 saturated heterocycles. The summed E-state index contributed by atoms with van der Waals surface area (Å²) in [6.45, 7) is 5.29. The van der Waals surface area contributed by atoms with E-state index in [4.69, 9.17) is 9.15 Å². The normalized spacial score (nSPS) is 13.1. The lowest BCUT2D eigenvalue weighted by atomic mass is 9.80. The van der Waals surface area contributed by atoms with Gasteiger partial charge in [0, 0.05) is 18.9 Å². The summed E-state index contributed by atoms with van der Waals surface area (Å²) in [5, 5.41) is 12.5. The number of benzene rings is 2. The summed E-state index contributed by atoms with van der Waals surface area (Å²) in [5.41, 5.74) is 3.74. The summed E-state index contributed by atoms with van der Waals surface area (Å²) in [6.07, 6.45) is 3.85. The lowest BCUT2D eigenvalue weighted by Crippen LogP contribution is -2.48. The molecule has 1 aromatic heterocycles. The quantitative estimate of drug-likeness (QED) is 0.0986. The largest absolute Gasteiger partial charge is 0.492 e. The number of hydroxylamine groups is 1. The highest BCUT2D eigenvalue weighted by Gasteiger charge is 2.36. The van der Waals surface area contributed by atoms with Crippen molar-refractivity contribution >= 4 is 30.0 Å². The summed E-state index contributed by atoms with van der Waals surface area (Å²) in [4.78, 5) is 42.3. The Morgan fingerprint density at radius 3 is 2.20 bits per heavy atom. The number of hydrogen-bond acceptors (Lipinski definition) is 7. The van der Waals surface area contributed by atoms with Gasteiger partial charge in [-0.05, 0) is 81.1 Å². The van der Waals surface area contributed by atoms with Crippen LogP contribution in [0.15, 0.2) is 77.4 Å². The molecule has 0 spiro atoms. The molecule has 0 fully saturated rings. The molecule has 240 valence electrons. The van der Waals surface area contributed by atoms with Gasteiger partial charge in [0.2, 0.25) is 17.6 Å². The molecule has 3 aromatic rings. The summed E-state index contributed by atoms with van der Waals surface area (Å²) in [6, 6.07) is 19.6. The number of Topliss-reactive ketones (excluding diaryl/α,β-unsaturated/α-hetero) is 1.